The fraction of sp³-hybridized carbons (Fsp3) is 0.654. The molecule has 0 unspecified atom stereocenters. The number of thioether (sulfide) groups is 1. The first-order valence-electron chi connectivity index (χ1n) is 12.0. The van der Waals surface area contributed by atoms with Gasteiger partial charge in [0.15, 0.2) is 5.12 Å². The Hall–Kier alpha value is -1.64. The number of aromatic nitrogens is 3. The molecule has 8 heteroatoms. The van der Waals surface area contributed by atoms with Crippen LogP contribution in [-0.4, -0.2) is 51.4 Å². The van der Waals surface area contributed by atoms with Gasteiger partial charge in [-0.2, -0.15) is 0 Å². The summed E-state index contributed by atoms with van der Waals surface area (Å²) in [6.45, 7) is 16.0. The average Bonchev–Trinajstić information content (AvgIpc) is 3.17. The first-order valence-corrected chi connectivity index (χ1v) is 12.8. The van der Waals surface area contributed by atoms with E-state index in [9.17, 15) is 4.79 Å². The van der Waals surface area contributed by atoms with Gasteiger partial charge in [0.25, 0.3) is 0 Å². The van der Waals surface area contributed by atoms with Gasteiger partial charge in [0.1, 0.15) is 0 Å². The van der Waals surface area contributed by atoms with Crippen LogP contribution in [0, 0.1) is 0 Å². The highest BCUT2D eigenvalue weighted by Gasteiger charge is 2.27. The first-order chi connectivity index (χ1) is 15.8. The van der Waals surface area contributed by atoms with Crippen molar-refractivity contribution in [2.45, 2.75) is 109 Å². The minimum Gasteiger partial charge on any atom is -0.375 e. The van der Waals surface area contributed by atoms with Gasteiger partial charge in [0.2, 0.25) is 0 Å². The smallest absolute Gasteiger partial charge is 0.194 e. The molecule has 186 valence electrons. The van der Waals surface area contributed by atoms with Crippen molar-refractivity contribution in [3.63, 3.8) is 0 Å². The molecule has 0 aliphatic heterocycles. The van der Waals surface area contributed by atoms with E-state index in [1.165, 1.54) is 11.8 Å². The molecule has 2 radical (unpaired) electrons. The van der Waals surface area contributed by atoms with E-state index in [0.29, 0.717) is 32.3 Å². The van der Waals surface area contributed by atoms with E-state index < -0.39 is 0 Å². The van der Waals surface area contributed by atoms with Crippen molar-refractivity contribution in [2.75, 3.05) is 6.61 Å². The summed E-state index contributed by atoms with van der Waals surface area (Å²) in [5.41, 5.74) is 1.19. The van der Waals surface area contributed by atoms with Crippen LogP contribution in [0.5, 0.6) is 0 Å². The van der Waals surface area contributed by atoms with Crippen LogP contribution in [0.15, 0.2) is 35.4 Å². The number of carbonyl (C=O) groups is 1. The van der Waals surface area contributed by atoms with E-state index in [-0.39, 0.29) is 21.9 Å². The first kappa shape index (κ1) is 28.6. The molecule has 1 aromatic heterocycles. The SMILES string of the molecule is [B]Cc1ccc(SC(=O)CCc2cn(CCC(C)(C)OCCC(C)(C)OC(C)(C)C)nn2)cc1. The number of carbonyl (C=O) groups excluding carboxylic acids is 1. The van der Waals surface area contributed by atoms with Crippen molar-refractivity contribution in [3.8, 4) is 0 Å². The Kier molecular flexibility index (Phi) is 10.4. The molecule has 0 aliphatic carbocycles. The number of rotatable bonds is 13. The predicted molar refractivity (Wildman–Crippen MR) is 139 cm³/mol. The molecule has 0 fully saturated rings. The molecule has 2 aromatic rings. The predicted octanol–water partition coefficient (Wildman–Crippen LogP) is 5.37. The summed E-state index contributed by atoms with van der Waals surface area (Å²) in [5, 5.41) is 8.56. The van der Waals surface area contributed by atoms with Crippen LogP contribution in [0.4, 0.5) is 0 Å². The van der Waals surface area contributed by atoms with Crippen LogP contribution in [0.2, 0.25) is 0 Å². The van der Waals surface area contributed by atoms with E-state index in [2.05, 4.69) is 58.8 Å². The Morgan fingerprint density at radius 3 is 2.32 bits per heavy atom. The molecule has 6 nitrogen and oxygen atoms in total. The molecule has 2 rings (SSSR count). The molecule has 0 saturated heterocycles. The topological polar surface area (TPSA) is 66.2 Å². The fourth-order valence-electron chi connectivity index (χ4n) is 3.58. The maximum absolute atomic E-state index is 12.3. The summed E-state index contributed by atoms with van der Waals surface area (Å²) >= 11 is 1.25. The lowest BCUT2D eigenvalue weighted by atomic mass is 9.97. The van der Waals surface area contributed by atoms with Crippen molar-refractivity contribution < 1.29 is 14.3 Å². The molecule has 0 amide bonds. The van der Waals surface area contributed by atoms with Gasteiger partial charge in [0, 0.05) is 30.5 Å². The number of hydrogen-bond donors (Lipinski definition) is 0. The highest BCUT2D eigenvalue weighted by atomic mass is 32.2. The van der Waals surface area contributed by atoms with Crippen LogP contribution in [0.1, 0.15) is 79.0 Å². The Morgan fingerprint density at radius 2 is 1.71 bits per heavy atom. The van der Waals surface area contributed by atoms with E-state index in [1.807, 2.05) is 35.1 Å². The summed E-state index contributed by atoms with van der Waals surface area (Å²) in [4.78, 5) is 13.2. The van der Waals surface area contributed by atoms with Crippen molar-refractivity contribution in [2.24, 2.45) is 0 Å². The summed E-state index contributed by atoms with van der Waals surface area (Å²) in [5.74, 6) is 0. The second-order valence-corrected chi connectivity index (χ2v) is 12.0. The number of aryl methyl sites for hydroxylation is 2. The summed E-state index contributed by atoms with van der Waals surface area (Å²) in [6.07, 6.45) is 5.06. The highest BCUT2D eigenvalue weighted by molar-refractivity contribution is 8.13. The highest BCUT2D eigenvalue weighted by Crippen LogP contribution is 2.25. The molecule has 1 heterocycles. The number of nitrogens with zero attached hydrogens (tertiary/aromatic N) is 3. The molecule has 0 atom stereocenters. The normalized spacial score (nSPS) is 12.8. The van der Waals surface area contributed by atoms with Gasteiger partial charge in [-0.05, 0) is 73.4 Å². The van der Waals surface area contributed by atoms with Gasteiger partial charge < -0.3 is 9.47 Å². The van der Waals surface area contributed by atoms with Crippen LogP contribution in [-0.2, 0) is 33.6 Å². The number of ether oxygens (including phenoxy) is 2. The van der Waals surface area contributed by atoms with Crippen molar-refractivity contribution in [3.05, 3.63) is 41.7 Å². The van der Waals surface area contributed by atoms with Crippen LogP contribution in [0.25, 0.3) is 0 Å². The van der Waals surface area contributed by atoms with E-state index in [4.69, 9.17) is 17.3 Å². The zero-order valence-corrected chi connectivity index (χ0v) is 22.7. The van der Waals surface area contributed by atoms with Crippen molar-refractivity contribution >= 4 is 24.7 Å². The minimum atomic E-state index is -0.282. The Balaban J connectivity index is 1.72. The molecule has 0 N–H and O–H groups in total. The summed E-state index contributed by atoms with van der Waals surface area (Å²) in [7, 11) is 5.62. The third kappa shape index (κ3) is 11.2. The maximum Gasteiger partial charge on any atom is 0.194 e. The van der Waals surface area contributed by atoms with Gasteiger partial charge in [-0.15, -0.1) is 5.10 Å². The fourth-order valence-corrected chi connectivity index (χ4v) is 4.32. The minimum absolute atomic E-state index is 0.114. The average molecular weight is 486 g/mol. The zero-order chi connectivity index (χ0) is 25.4. The van der Waals surface area contributed by atoms with Gasteiger partial charge in [-0.25, -0.2) is 0 Å². The van der Waals surface area contributed by atoms with Crippen LogP contribution >= 0.6 is 11.8 Å². The van der Waals surface area contributed by atoms with E-state index >= 15 is 0 Å². The molecule has 0 aliphatic rings. The van der Waals surface area contributed by atoms with Gasteiger partial charge >= 0.3 is 0 Å². The standard InChI is InChI=1S/C26H40BN3O3S/c1-24(2,3)33-26(6,7)15-17-32-25(4,5)14-16-30-19-21(28-29-30)10-13-23(31)34-22-11-8-20(18-27)9-12-22/h8-9,11-12,19H,10,13-18H2,1-7H3. The zero-order valence-electron chi connectivity index (χ0n) is 21.9. The summed E-state index contributed by atoms with van der Waals surface area (Å²) in [6, 6.07) is 7.77. The second-order valence-electron chi connectivity index (χ2n) is 10.9. The largest absolute Gasteiger partial charge is 0.375 e. The lowest BCUT2D eigenvalue weighted by Gasteiger charge is -2.35. The lowest BCUT2D eigenvalue weighted by molar-refractivity contribution is -0.132. The Morgan fingerprint density at radius 1 is 1.03 bits per heavy atom. The van der Waals surface area contributed by atoms with Crippen LogP contribution in [0.3, 0.4) is 0 Å². The lowest BCUT2D eigenvalue weighted by Crippen LogP contribution is -2.37. The molecule has 0 spiro atoms. The Labute approximate surface area is 211 Å². The molecular formula is C26H40BN3O3S. The van der Waals surface area contributed by atoms with Gasteiger partial charge in [-0.3, -0.25) is 9.48 Å². The molecule has 1 aromatic carbocycles. The summed E-state index contributed by atoms with van der Waals surface area (Å²) < 4.78 is 14.1. The molecule has 34 heavy (non-hydrogen) atoms. The maximum atomic E-state index is 12.3. The van der Waals surface area contributed by atoms with E-state index in [1.54, 1.807) is 0 Å². The molecule has 0 saturated carbocycles. The van der Waals surface area contributed by atoms with Crippen LogP contribution < -0.4 is 0 Å². The monoisotopic (exact) mass is 485 g/mol. The van der Waals surface area contributed by atoms with Crippen molar-refractivity contribution in [1.82, 2.24) is 15.0 Å². The van der Waals surface area contributed by atoms with Gasteiger partial charge in [0.05, 0.1) is 37.0 Å². The third-order valence-corrected chi connectivity index (χ3v) is 6.22. The quantitative estimate of drug-likeness (QED) is 0.281. The molecule has 0 bridgehead atoms. The molecular weight excluding hydrogens is 445 g/mol. The third-order valence-electron chi connectivity index (χ3n) is 5.28. The Bertz CT molecular complexity index is 905. The van der Waals surface area contributed by atoms with Crippen molar-refractivity contribution in [1.29, 1.82) is 0 Å². The van der Waals surface area contributed by atoms with E-state index in [0.717, 1.165) is 29.0 Å². The second kappa shape index (κ2) is 12.4. The number of hydrogen-bond acceptors (Lipinski definition) is 6. The number of benzene rings is 1. The van der Waals surface area contributed by atoms with Gasteiger partial charge in [-0.1, -0.05) is 41.0 Å².